The van der Waals surface area contributed by atoms with Crippen LogP contribution in [-0.2, 0) is 0 Å². The van der Waals surface area contributed by atoms with Gasteiger partial charge in [-0.05, 0) is 12.3 Å². The predicted octanol–water partition coefficient (Wildman–Crippen LogP) is 2.33. The van der Waals surface area contributed by atoms with E-state index in [1.165, 1.54) is 24.3 Å². The Kier molecular flexibility index (Phi) is 8.61. The molecule has 0 spiro atoms. The van der Waals surface area contributed by atoms with E-state index in [0.717, 1.165) is 0 Å². The summed E-state index contributed by atoms with van der Waals surface area (Å²) in [5.41, 5.74) is 0.411. The molecule has 0 atom stereocenters. The van der Waals surface area contributed by atoms with Crippen LogP contribution in [0.5, 0.6) is 0 Å². The number of carbonyl (C=O) groups excluding carboxylic acids is 1. The lowest BCUT2D eigenvalue weighted by molar-refractivity contribution is -0.385. The molecule has 110 valence electrons. The summed E-state index contributed by atoms with van der Waals surface area (Å²) >= 11 is 0. The van der Waals surface area contributed by atoms with Gasteiger partial charge in [-0.3, -0.25) is 14.9 Å². The highest BCUT2D eigenvalue weighted by molar-refractivity contribution is 5.85. The number of aldehydes is 1. The van der Waals surface area contributed by atoms with Crippen molar-refractivity contribution >= 4 is 18.0 Å². The molecule has 1 aromatic rings. The van der Waals surface area contributed by atoms with E-state index in [4.69, 9.17) is 5.11 Å². The molecule has 0 bridgehead atoms. The Bertz CT molecular complexity index is 472. The van der Waals surface area contributed by atoms with Gasteiger partial charge in [-0.25, -0.2) is 0 Å². The molecule has 0 saturated carbocycles. The van der Waals surface area contributed by atoms with Gasteiger partial charge in [0, 0.05) is 25.2 Å². The van der Waals surface area contributed by atoms with Gasteiger partial charge in [-0.1, -0.05) is 26.0 Å². The van der Waals surface area contributed by atoms with Crippen molar-refractivity contribution in [3.05, 3.63) is 45.6 Å². The zero-order valence-electron chi connectivity index (χ0n) is 11.9. The minimum Gasteiger partial charge on any atom is -0.395 e. The number of rotatable bonds is 6. The van der Waals surface area contributed by atoms with E-state index in [0.29, 0.717) is 12.8 Å². The molecular formula is C14H20N2O4. The average molecular weight is 280 g/mol. The molecule has 0 heterocycles. The highest BCUT2D eigenvalue weighted by Gasteiger charge is 2.14. The number of hydrogen-bond donors (Lipinski definition) is 1. The van der Waals surface area contributed by atoms with Crippen LogP contribution in [0.1, 0.15) is 29.8 Å². The number of nitro benzene ring substituents is 1. The van der Waals surface area contributed by atoms with Crippen LogP contribution in [0.2, 0.25) is 0 Å². The van der Waals surface area contributed by atoms with Crippen molar-refractivity contribution in [2.45, 2.75) is 13.8 Å². The van der Waals surface area contributed by atoms with E-state index >= 15 is 0 Å². The minimum atomic E-state index is -0.529. The minimum absolute atomic E-state index is 0.0156. The van der Waals surface area contributed by atoms with Gasteiger partial charge in [0.1, 0.15) is 0 Å². The summed E-state index contributed by atoms with van der Waals surface area (Å²) in [6.45, 7) is 4.39. The molecule has 0 unspecified atom stereocenters. The lowest BCUT2D eigenvalue weighted by Gasteiger charge is -2.11. The maximum Gasteiger partial charge on any atom is 0.277 e. The van der Waals surface area contributed by atoms with E-state index in [1.54, 1.807) is 18.1 Å². The Morgan fingerprint density at radius 3 is 2.55 bits per heavy atom. The second-order valence-corrected chi connectivity index (χ2v) is 3.67. The van der Waals surface area contributed by atoms with E-state index < -0.39 is 4.92 Å². The number of hydrogen-bond acceptors (Lipinski definition) is 5. The number of aliphatic hydroxyl groups excluding tert-OH is 1. The van der Waals surface area contributed by atoms with E-state index in [-0.39, 0.29) is 23.4 Å². The Labute approximate surface area is 118 Å². The first kappa shape index (κ1) is 17.8. The van der Waals surface area contributed by atoms with Gasteiger partial charge in [0.05, 0.1) is 17.1 Å². The Morgan fingerprint density at radius 1 is 1.40 bits per heavy atom. The SMILES string of the molecule is CC.CN(/C=C\c1c(C=O)cccc1[N+](=O)[O-])CCO. The van der Waals surface area contributed by atoms with Crippen LogP contribution in [0.4, 0.5) is 5.69 Å². The molecule has 0 amide bonds. The van der Waals surface area contributed by atoms with Crippen molar-refractivity contribution < 1.29 is 14.8 Å². The maximum atomic E-state index is 10.9. The lowest BCUT2D eigenvalue weighted by atomic mass is 10.1. The van der Waals surface area contributed by atoms with Gasteiger partial charge in [0.2, 0.25) is 0 Å². The fourth-order valence-electron chi connectivity index (χ4n) is 1.45. The monoisotopic (exact) mass is 280 g/mol. The number of aliphatic hydroxyl groups is 1. The molecule has 1 rings (SSSR count). The highest BCUT2D eigenvalue weighted by atomic mass is 16.6. The molecule has 0 saturated heterocycles. The first-order valence-electron chi connectivity index (χ1n) is 6.32. The van der Waals surface area contributed by atoms with Crippen molar-refractivity contribution in [2.24, 2.45) is 0 Å². The van der Waals surface area contributed by atoms with Crippen LogP contribution < -0.4 is 0 Å². The van der Waals surface area contributed by atoms with Gasteiger partial charge in [0.15, 0.2) is 6.29 Å². The smallest absolute Gasteiger partial charge is 0.277 e. The van der Waals surface area contributed by atoms with Crippen molar-refractivity contribution in [3.63, 3.8) is 0 Å². The molecule has 0 aromatic heterocycles. The van der Waals surface area contributed by atoms with E-state index in [9.17, 15) is 14.9 Å². The normalized spacial score (nSPS) is 9.80. The molecule has 1 N–H and O–H groups in total. The summed E-state index contributed by atoms with van der Waals surface area (Å²) in [6.07, 6.45) is 3.67. The zero-order chi connectivity index (χ0) is 15.5. The van der Waals surface area contributed by atoms with Crippen LogP contribution in [0.25, 0.3) is 6.08 Å². The molecular weight excluding hydrogens is 260 g/mol. The molecule has 1 aromatic carbocycles. The number of benzene rings is 1. The topological polar surface area (TPSA) is 83.7 Å². The van der Waals surface area contributed by atoms with Crippen LogP contribution >= 0.6 is 0 Å². The van der Waals surface area contributed by atoms with Crippen molar-refractivity contribution in [3.8, 4) is 0 Å². The summed E-state index contributed by atoms with van der Waals surface area (Å²) in [7, 11) is 1.72. The Morgan fingerprint density at radius 2 is 2.05 bits per heavy atom. The van der Waals surface area contributed by atoms with Gasteiger partial charge < -0.3 is 10.0 Å². The van der Waals surface area contributed by atoms with Crippen molar-refractivity contribution in [1.82, 2.24) is 4.90 Å². The second-order valence-electron chi connectivity index (χ2n) is 3.67. The van der Waals surface area contributed by atoms with E-state index in [1.807, 2.05) is 13.8 Å². The first-order valence-corrected chi connectivity index (χ1v) is 6.32. The summed E-state index contributed by atoms with van der Waals surface area (Å²) in [5.74, 6) is 0. The van der Waals surface area contributed by atoms with Gasteiger partial charge in [-0.15, -0.1) is 0 Å². The summed E-state index contributed by atoms with van der Waals surface area (Å²) in [6, 6.07) is 4.33. The highest BCUT2D eigenvalue weighted by Crippen LogP contribution is 2.22. The lowest BCUT2D eigenvalue weighted by Crippen LogP contribution is -2.15. The maximum absolute atomic E-state index is 10.9. The van der Waals surface area contributed by atoms with Gasteiger partial charge >= 0.3 is 0 Å². The standard InChI is InChI=1S/C12H14N2O4.C2H6/c1-13(7-8-15)6-5-11-10(9-16)3-2-4-12(11)14(17)18;1-2/h2-6,9,15H,7-8H2,1H3;1-2H3/b6-5-;. The third-order valence-corrected chi connectivity index (χ3v) is 2.39. The fourth-order valence-corrected chi connectivity index (χ4v) is 1.45. The van der Waals surface area contributed by atoms with E-state index in [2.05, 4.69) is 0 Å². The van der Waals surface area contributed by atoms with Crippen LogP contribution in [0, 0.1) is 10.1 Å². The predicted molar refractivity (Wildman–Crippen MR) is 78.6 cm³/mol. The van der Waals surface area contributed by atoms with Crippen molar-refractivity contribution in [2.75, 3.05) is 20.2 Å². The van der Waals surface area contributed by atoms with Crippen molar-refractivity contribution in [1.29, 1.82) is 0 Å². The number of nitro groups is 1. The zero-order valence-corrected chi connectivity index (χ0v) is 11.9. The fraction of sp³-hybridized carbons (Fsp3) is 0.357. The molecule has 6 nitrogen and oxygen atoms in total. The largest absolute Gasteiger partial charge is 0.395 e. The summed E-state index contributed by atoms with van der Waals surface area (Å²) in [5, 5.41) is 19.6. The third-order valence-electron chi connectivity index (χ3n) is 2.39. The van der Waals surface area contributed by atoms with Crippen LogP contribution in [-0.4, -0.2) is 41.4 Å². The molecule has 6 heteroatoms. The number of carbonyl (C=O) groups is 1. The van der Waals surface area contributed by atoms with Gasteiger partial charge in [0.25, 0.3) is 5.69 Å². The first-order chi connectivity index (χ1) is 9.60. The summed E-state index contributed by atoms with van der Waals surface area (Å²) < 4.78 is 0. The van der Waals surface area contributed by atoms with Crippen LogP contribution in [0.15, 0.2) is 24.4 Å². The molecule has 0 radical (unpaired) electrons. The molecule has 0 aliphatic rings. The Hall–Kier alpha value is -2.21. The number of likely N-dealkylation sites (N-methyl/N-ethyl adjacent to an activating group) is 1. The molecule has 0 aliphatic carbocycles. The summed E-state index contributed by atoms with van der Waals surface area (Å²) in [4.78, 5) is 22.9. The molecule has 20 heavy (non-hydrogen) atoms. The second kappa shape index (κ2) is 9.69. The molecule has 0 fully saturated rings. The third kappa shape index (κ3) is 5.19. The quantitative estimate of drug-likeness (QED) is 0.491. The average Bonchev–Trinajstić information content (AvgIpc) is 2.47. The number of nitrogens with zero attached hydrogens (tertiary/aromatic N) is 2. The Balaban J connectivity index is 0.00000172. The van der Waals surface area contributed by atoms with Crippen LogP contribution in [0.3, 0.4) is 0 Å². The van der Waals surface area contributed by atoms with Gasteiger partial charge in [-0.2, -0.15) is 0 Å². The molecule has 0 aliphatic heterocycles.